The number of nitriles is 1. The molecule has 2 aliphatic rings. The van der Waals surface area contributed by atoms with Gasteiger partial charge in [-0.25, -0.2) is 8.91 Å². The van der Waals surface area contributed by atoms with E-state index in [1.807, 2.05) is 18.2 Å². The molecule has 4 heterocycles. The zero-order valence-corrected chi connectivity index (χ0v) is 20.3. The largest absolute Gasteiger partial charge is 0.387 e. The number of nitrogens with zero attached hydrogens (tertiary/aromatic N) is 4. The lowest BCUT2D eigenvalue weighted by atomic mass is 10.0. The van der Waals surface area contributed by atoms with Crippen LogP contribution in [0.3, 0.4) is 0 Å². The Morgan fingerprint density at radius 3 is 2.75 bits per heavy atom. The number of aromatic nitrogens is 3. The molecule has 0 radical (unpaired) electrons. The van der Waals surface area contributed by atoms with Gasteiger partial charge in [0.15, 0.2) is 0 Å². The van der Waals surface area contributed by atoms with Gasteiger partial charge >= 0.3 is 0 Å². The number of halogens is 1. The average Bonchev–Trinajstić information content (AvgIpc) is 3.56. The lowest BCUT2D eigenvalue weighted by Crippen LogP contribution is -2.42. The summed E-state index contributed by atoms with van der Waals surface area (Å²) in [5.41, 5.74) is 1.96. The summed E-state index contributed by atoms with van der Waals surface area (Å²) in [6.07, 6.45) is 3.40. The number of nitrogens with one attached hydrogen (secondary N) is 3. The summed E-state index contributed by atoms with van der Waals surface area (Å²) in [4.78, 5) is 17.6. The highest BCUT2D eigenvalue weighted by atomic mass is 19.1. The van der Waals surface area contributed by atoms with E-state index in [9.17, 15) is 14.3 Å². The molecule has 1 aliphatic carbocycles. The molecule has 2 fully saturated rings. The molecule has 5 rings (SSSR count). The van der Waals surface area contributed by atoms with E-state index < -0.39 is 17.7 Å². The van der Waals surface area contributed by atoms with Gasteiger partial charge in [0, 0.05) is 12.2 Å². The van der Waals surface area contributed by atoms with Crippen LogP contribution in [0.15, 0.2) is 36.7 Å². The first-order valence-corrected chi connectivity index (χ1v) is 12.2. The van der Waals surface area contributed by atoms with Gasteiger partial charge in [-0.05, 0) is 75.9 Å². The summed E-state index contributed by atoms with van der Waals surface area (Å²) < 4.78 is 16.0. The lowest BCUT2D eigenvalue weighted by Gasteiger charge is -2.23. The van der Waals surface area contributed by atoms with Crippen LogP contribution in [0.2, 0.25) is 0 Å². The zero-order valence-electron chi connectivity index (χ0n) is 20.3. The van der Waals surface area contributed by atoms with Crippen LogP contribution in [0.4, 0.5) is 10.1 Å². The van der Waals surface area contributed by atoms with Gasteiger partial charge in [0.25, 0.3) is 5.91 Å². The van der Waals surface area contributed by atoms with Crippen molar-refractivity contribution in [1.82, 2.24) is 25.2 Å². The second kappa shape index (κ2) is 9.48. The highest BCUT2D eigenvalue weighted by Gasteiger charge is 2.37. The summed E-state index contributed by atoms with van der Waals surface area (Å²) >= 11 is 0. The molecule has 3 aromatic rings. The molecule has 1 aliphatic heterocycles. The van der Waals surface area contributed by atoms with E-state index in [-0.39, 0.29) is 12.6 Å². The van der Waals surface area contributed by atoms with Crippen molar-refractivity contribution in [3.63, 3.8) is 0 Å². The minimum atomic E-state index is -1.61. The molecule has 36 heavy (non-hydrogen) atoms. The maximum Gasteiger partial charge on any atom is 0.255 e. The van der Waals surface area contributed by atoms with E-state index in [2.05, 4.69) is 32.1 Å². The third kappa shape index (κ3) is 4.76. The average molecular weight is 492 g/mol. The van der Waals surface area contributed by atoms with Crippen molar-refractivity contribution < 1.29 is 14.3 Å². The Labute approximate surface area is 208 Å². The summed E-state index contributed by atoms with van der Waals surface area (Å²) in [5, 5.41) is 33.0. The van der Waals surface area contributed by atoms with Gasteiger partial charge in [0.05, 0.1) is 52.1 Å². The molecule has 1 saturated heterocycles. The Morgan fingerprint density at radius 2 is 2.06 bits per heavy atom. The number of anilines is 1. The van der Waals surface area contributed by atoms with Crippen molar-refractivity contribution in [2.24, 2.45) is 11.8 Å². The van der Waals surface area contributed by atoms with Gasteiger partial charge in [-0.1, -0.05) is 0 Å². The number of carbonyl (C=O) groups is 1. The molecule has 3 aromatic heterocycles. The van der Waals surface area contributed by atoms with E-state index in [4.69, 9.17) is 5.26 Å². The highest BCUT2D eigenvalue weighted by molar-refractivity contribution is 6.00. The molecule has 0 spiro atoms. The van der Waals surface area contributed by atoms with Crippen LogP contribution in [0.5, 0.6) is 0 Å². The van der Waals surface area contributed by atoms with Crippen LogP contribution < -0.4 is 16.0 Å². The number of amides is 1. The number of carbonyl (C=O) groups excluding carboxylic acids is 1. The quantitative estimate of drug-likeness (QED) is 0.400. The molecule has 4 atom stereocenters. The molecule has 9 nitrogen and oxygen atoms in total. The van der Waals surface area contributed by atoms with E-state index in [0.29, 0.717) is 34.3 Å². The van der Waals surface area contributed by atoms with Crippen LogP contribution in [0.1, 0.15) is 42.6 Å². The predicted molar refractivity (Wildman–Crippen MR) is 133 cm³/mol. The predicted octanol–water partition coefficient (Wildman–Crippen LogP) is 2.52. The summed E-state index contributed by atoms with van der Waals surface area (Å²) in [6.45, 7) is 4.46. The third-order valence-electron chi connectivity index (χ3n) is 7.26. The maximum absolute atomic E-state index is 14.3. The molecule has 188 valence electrons. The summed E-state index contributed by atoms with van der Waals surface area (Å²) in [7, 11) is 0. The number of hydrogen-bond donors (Lipinski definition) is 4. The SMILES string of the molecule is CC(C)(O)[C@H](F)CNC(=O)c1cnc(-c2ccc3cc(C#N)cnn23)cc1NC1CC2CNC[C@@H]2C1. The number of alkyl halides is 1. The van der Waals surface area contributed by atoms with Crippen molar-refractivity contribution >= 4 is 17.1 Å². The van der Waals surface area contributed by atoms with Gasteiger partial charge < -0.3 is 21.1 Å². The van der Waals surface area contributed by atoms with Crippen molar-refractivity contribution in [2.75, 3.05) is 25.0 Å². The van der Waals surface area contributed by atoms with Crippen LogP contribution in [0, 0.1) is 23.2 Å². The van der Waals surface area contributed by atoms with E-state index in [1.54, 1.807) is 10.6 Å². The smallest absolute Gasteiger partial charge is 0.255 e. The fraction of sp³-hybridized carbons (Fsp3) is 0.462. The van der Waals surface area contributed by atoms with Gasteiger partial charge in [0.2, 0.25) is 0 Å². The molecule has 1 amide bonds. The monoisotopic (exact) mass is 491 g/mol. The van der Waals surface area contributed by atoms with Gasteiger partial charge in [-0.15, -0.1) is 0 Å². The van der Waals surface area contributed by atoms with Crippen molar-refractivity contribution in [3.8, 4) is 17.5 Å². The Bertz CT molecular complexity index is 1310. The number of hydrogen-bond acceptors (Lipinski definition) is 7. The number of rotatable bonds is 7. The molecule has 10 heteroatoms. The first-order chi connectivity index (χ1) is 17.2. The van der Waals surface area contributed by atoms with Crippen LogP contribution in [-0.4, -0.2) is 63.1 Å². The Morgan fingerprint density at radius 1 is 1.31 bits per heavy atom. The van der Waals surface area contributed by atoms with Crippen LogP contribution in [-0.2, 0) is 0 Å². The van der Waals surface area contributed by atoms with E-state index >= 15 is 0 Å². The molecule has 0 bridgehead atoms. The Balaban J connectivity index is 1.45. The van der Waals surface area contributed by atoms with Gasteiger partial charge in [-0.3, -0.25) is 9.78 Å². The fourth-order valence-corrected chi connectivity index (χ4v) is 5.18. The van der Waals surface area contributed by atoms with Crippen LogP contribution in [0.25, 0.3) is 16.9 Å². The normalized spacial score (nSPS) is 22.2. The Hall–Kier alpha value is -3.55. The molecule has 0 aromatic carbocycles. The van der Waals surface area contributed by atoms with Gasteiger partial charge in [-0.2, -0.15) is 10.4 Å². The molecule has 4 N–H and O–H groups in total. The topological polar surface area (TPSA) is 127 Å². The first kappa shape index (κ1) is 24.2. The van der Waals surface area contributed by atoms with E-state index in [1.165, 1.54) is 26.2 Å². The van der Waals surface area contributed by atoms with Crippen molar-refractivity contribution in [1.29, 1.82) is 5.26 Å². The minimum Gasteiger partial charge on any atom is -0.387 e. The third-order valence-corrected chi connectivity index (χ3v) is 7.26. The number of pyridine rings is 1. The zero-order chi connectivity index (χ0) is 25.4. The standard InChI is InChI=1S/C26H30FN7O2/c1-26(2,36)24(27)14-31-25(35)20-13-30-22(23-4-3-19-5-15(9-28)10-32-34(19)23)8-21(20)33-18-6-16-11-29-12-17(16)7-18/h3-5,8,10,13,16-18,24,29,36H,6-7,11-12,14H2,1-2H3,(H,30,33)(H,31,35)/t16-,17?,18?,24+/m0/s1. The number of fused-ring (bicyclic) bond motifs is 2. The summed E-state index contributed by atoms with van der Waals surface area (Å²) in [6, 6.07) is 9.62. The molecular weight excluding hydrogens is 461 g/mol. The van der Waals surface area contributed by atoms with Crippen LogP contribution >= 0.6 is 0 Å². The molecule has 2 unspecified atom stereocenters. The Kier molecular flexibility index (Phi) is 6.36. The fourth-order valence-electron chi connectivity index (χ4n) is 5.18. The second-order valence-corrected chi connectivity index (χ2v) is 10.3. The number of aliphatic hydroxyl groups is 1. The van der Waals surface area contributed by atoms with Crippen molar-refractivity contribution in [3.05, 3.63) is 47.8 Å². The first-order valence-electron chi connectivity index (χ1n) is 12.2. The van der Waals surface area contributed by atoms with Gasteiger partial charge in [0.1, 0.15) is 12.2 Å². The van der Waals surface area contributed by atoms with E-state index in [0.717, 1.165) is 37.1 Å². The maximum atomic E-state index is 14.3. The van der Waals surface area contributed by atoms with Crippen molar-refractivity contribution in [2.45, 2.75) is 44.5 Å². The second-order valence-electron chi connectivity index (χ2n) is 10.3. The summed E-state index contributed by atoms with van der Waals surface area (Å²) in [5.74, 6) is 0.779. The minimum absolute atomic E-state index is 0.217. The molecular formula is C26H30FN7O2. The molecule has 1 saturated carbocycles. The lowest BCUT2D eigenvalue weighted by molar-refractivity contribution is -0.00177. The highest BCUT2D eigenvalue weighted by Crippen LogP contribution is 2.37.